The van der Waals surface area contributed by atoms with Gasteiger partial charge in [0.1, 0.15) is 23.4 Å². The first-order valence-electron chi connectivity index (χ1n) is 5.65. The lowest BCUT2D eigenvalue weighted by molar-refractivity contribution is -0.156. The first kappa shape index (κ1) is 14.1. The Bertz CT molecular complexity index is 455. The first-order chi connectivity index (χ1) is 8.31. The molecule has 96 valence electrons. The average molecular weight is 247 g/mol. The highest BCUT2D eigenvalue weighted by Crippen LogP contribution is 2.10. The SMILES string of the molecule is CC(C)(C)OC(=O)C(N)Cc1ccc(C#N)nc1. The van der Waals surface area contributed by atoms with Crippen molar-refractivity contribution in [1.29, 1.82) is 5.26 Å². The molecule has 0 spiro atoms. The summed E-state index contributed by atoms with van der Waals surface area (Å²) in [6, 6.07) is 4.53. The number of esters is 1. The van der Waals surface area contributed by atoms with Gasteiger partial charge in [-0.3, -0.25) is 4.79 Å². The van der Waals surface area contributed by atoms with Gasteiger partial charge in [-0.1, -0.05) is 6.07 Å². The van der Waals surface area contributed by atoms with Crippen LogP contribution in [-0.2, 0) is 16.0 Å². The number of hydrogen-bond donors (Lipinski definition) is 1. The zero-order chi connectivity index (χ0) is 13.8. The van der Waals surface area contributed by atoms with E-state index in [4.69, 9.17) is 15.7 Å². The van der Waals surface area contributed by atoms with Crippen LogP contribution in [0.3, 0.4) is 0 Å². The highest BCUT2D eigenvalue weighted by atomic mass is 16.6. The van der Waals surface area contributed by atoms with E-state index in [9.17, 15) is 4.79 Å². The van der Waals surface area contributed by atoms with E-state index >= 15 is 0 Å². The lowest BCUT2D eigenvalue weighted by atomic mass is 10.1. The summed E-state index contributed by atoms with van der Waals surface area (Å²) in [6.45, 7) is 5.38. The number of ether oxygens (including phenoxy) is 1. The lowest BCUT2D eigenvalue weighted by Crippen LogP contribution is -2.38. The Hall–Kier alpha value is -1.93. The Balaban J connectivity index is 2.61. The molecule has 0 bridgehead atoms. The number of nitriles is 1. The van der Waals surface area contributed by atoms with Crippen LogP contribution in [0.15, 0.2) is 18.3 Å². The Morgan fingerprint density at radius 3 is 2.67 bits per heavy atom. The van der Waals surface area contributed by atoms with Crippen LogP contribution in [0.25, 0.3) is 0 Å². The molecule has 0 aromatic carbocycles. The highest BCUT2D eigenvalue weighted by molar-refractivity contribution is 5.76. The molecule has 2 N–H and O–H groups in total. The van der Waals surface area contributed by atoms with Gasteiger partial charge in [0, 0.05) is 6.20 Å². The molecule has 0 fully saturated rings. The van der Waals surface area contributed by atoms with E-state index in [-0.39, 0.29) is 0 Å². The maximum Gasteiger partial charge on any atom is 0.323 e. The summed E-state index contributed by atoms with van der Waals surface area (Å²) >= 11 is 0. The minimum Gasteiger partial charge on any atom is -0.459 e. The normalized spacial score (nSPS) is 12.6. The second-order valence-corrected chi connectivity index (χ2v) is 5.01. The monoisotopic (exact) mass is 247 g/mol. The van der Waals surface area contributed by atoms with Crippen LogP contribution < -0.4 is 5.73 Å². The van der Waals surface area contributed by atoms with E-state index in [0.717, 1.165) is 5.56 Å². The van der Waals surface area contributed by atoms with Crippen molar-refractivity contribution in [3.05, 3.63) is 29.6 Å². The van der Waals surface area contributed by atoms with Gasteiger partial charge in [0.05, 0.1) is 0 Å². The summed E-state index contributed by atoms with van der Waals surface area (Å²) in [6.07, 6.45) is 1.89. The molecule has 1 unspecified atom stereocenters. The van der Waals surface area contributed by atoms with E-state index in [1.54, 1.807) is 39.1 Å². The number of hydrogen-bond acceptors (Lipinski definition) is 5. The van der Waals surface area contributed by atoms with Gasteiger partial charge in [0.15, 0.2) is 0 Å². The number of carbonyl (C=O) groups is 1. The maximum atomic E-state index is 11.7. The van der Waals surface area contributed by atoms with E-state index < -0.39 is 17.6 Å². The molecule has 5 heteroatoms. The minimum atomic E-state index is -0.723. The van der Waals surface area contributed by atoms with Crippen LogP contribution in [0.5, 0.6) is 0 Å². The number of aromatic nitrogens is 1. The highest BCUT2D eigenvalue weighted by Gasteiger charge is 2.22. The fourth-order valence-corrected chi connectivity index (χ4v) is 1.33. The number of carbonyl (C=O) groups excluding carboxylic acids is 1. The molecule has 5 nitrogen and oxygen atoms in total. The van der Waals surface area contributed by atoms with Gasteiger partial charge in [-0.05, 0) is 38.8 Å². The van der Waals surface area contributed by atoms with Crippen LogP contribution in [-0.4, -0.2) is 22.6 Å². The fraction of sp³-hybridized carbons (Fsp3) is 0.462. The summed E-state index contributed by atoms with van der Waals surface area (Å²) < 4.78 is 5.18. The number of nitrogens with two attached hydrogens (primary N) is 1. The Labute approximate surface area is 107 Å². The van der Waals surface area contributed by atoms with Crippen molar-refractivity contribution in [2.75, 3.05) is 0 Å². The fourth-order valence-electron chi connectivity index (χ4n) is 1.33. The number of nitrogens with zero attached hydrogens (tertiary/aromatic N) is 2. The third-order valence-corrected chi connectivity index (χ3v) is 2.10. The van der Waals surface area contributed by atoms with Crippen LogP contribution in [0.2, 0.25) is 0 Å². The van der Waals surface area contributed by atoms with Crippen molar-refractivity contribution < 1.29 is 9.53 Å². The molecule has 0 aliphatic carbocycles. The first-order valence-corrected chi connectivity index (χ1v) is 5.65. The molecule has 1 rings (SSSR count). The van der Waals surface area contributed by atoms with Crippen LogP contribution in [0.1, 0.15) is 32.0 Å². The minimum absolute atomic E-state index is 0.338. The molecule has 0 amide bonds. The second kappa shape index (κ2) is 5.61. The van der Waals surface area contributed by atoms with Crippen molar-refractivity contribution in [2.24, 2.45) is 5.73 Å². The van der Waals surface area contributed by atoms with Gasteiger partial charge in [-0.25, -0.2) is 4.98 Å². The van der Waals surface area contributed by atoms with Crippen LogP contribution in [0, 0.1) is 11.3 Å². The topological polar surface area (TPSA) is 89.0 Å². The Morgan fingerprint density at radius 2 is 2.22 bits per heavy atom. The molecular formula is C13H17N3O2. The Kier molecular flexibility index (Phi) is 4.40. The molecule has 1 aromatic heterocycles. The second-order valence-electron chi connectivity index (χ2n) is 5.01. The molecule has 1 heterocycles. The third-order valence-electron chi connectivity index (χ3n) is 2.10. The smallest absolute Gasteiger partial charge is 0.323 e. The van der Waals surface area contributed by atoms with Gasteiger partial charge in [-0.2, -0.15) is 5.26 Å². The van der Waals surface area contributed by atoms with Crippen molar-refractivity contribution in [3.63, 3.8) is 0 Å². The summed E-state index contributed by atoms with van der Waals surface area (Å²) in [4.78, 5) is 15.6. The molecule has 0 radical (unpaired) electrons. The summed E-state index contributed by atoms with van der Waals surface area (Å²) in [5, 5.41) is 8.61. The standard InChI is InChI=1S/C13H17N3O2/c1-13(2,3)18-12(17)11(15)6-9-4-5-10(7-14)16-8-9/h4-5,8,11H,6,15H2,1-3H3. The molecule has 0 saturated heterocycles. The lowest BCUT2D eigenvalue weighted by Gasteiger charge is -2.22. The number of pyridine rings is 1. The predicted octanol–water partition coefficient (Wildman–Crippen LogP) is 1.16. The average Bonchev–Trinajstić information content (AvgIpc) is 2.27. The van der Waals surface area contributed by atoms with E-state index in [0.29, 0.717) is 12.1 Å². The van der Waals surface area contributed by atoms with E-state index in [1.807, 2.05) is 6.07 Å². The van der Waals surface area contributed by atoms with Gasteiger partial charge in [-0.15, -0.1) is 0 Å². The van der Waals surface area contributed by atoms with E-state index in [2.05, 4.69) is 4.98 Å². The summed E-state index contributed by atoms with van der Waals surface area (Å²) in [5.74, 6) is -0.438. The van der Waals surface area contributed by atoms with Crippen LogP contribution >= 0.6 is 0 Å². The third kappa shape index (κ3) is 4.52. The molecule has 0 aliphatic heterocycles. The molecule has 0 saturated carbocycles. The summed E-state index contributed by atoms with van der Waals surface area (Å²) in [5.41, 5.74) is 6.35. The molecule has 1 atom stereocenters. The quantitative estimate of drug-likeness (QED) is 0.810. The predicted molar refractivity (Wildman–Crippen MR) is 66.5 cm³/mol. The largest absolute Gasteiger partial charge is 0.459 e. The molecule has 0 aliphatic rings. The van der Waals surface area contributed by atoms with Crippen molar-refractivity contribution in [1.82, 2.24) is 4.98 Å². The zero-order valence-electron chi connectivity index (χ0n) is 10.8. The van der Waals surface area contributed by atoms with Gasteiger partial charge < -0.3 is 10.5 Å². The maximum absolute atomic E-state index is 11.7. The van der Waals surface area contributed by atoms with Gasteiger partial charge >= 0.3 is 5.97 Å². The number of rotatable bonds is 3. The summed E-state index contributed by atoms with van der Waals surface area (Å²) in [7, 11) is 0. The Morgan fingerprint density at radius 1 is 1.56 bits per heavy atom. The van der Waals surface area contributed by atoms with Crippen molar-refractivity contribution in [2.45, 2.75) is 38.8 Å². The van der Waals surface area contributed by atoms with E-state index in [1.165, 1.54) is 0 Å². The van der Waals surface area contributed by atoms with Crippen LogP contribution in [0.4, 0.5) is 0 Å². The molecule has 1 aromatic rings. The van der Waals surface area contributed by atoms with Crippen molar-refractivity contribution in [3.8, 4) is 6.07 Å². The van der Waals surface area contributed by atoms with Gasteiger partial charge in [0.25, 0.3) is 0 Å². The van der Waals surface area contributed by atoms with Crippen molar-refractivity contribution >= 4 is 5.97 Å². The molecular weight excluding hydrogens is 230 g/mol. The van der Waals surface area contributed by atoms with Gasteiger partial charge in [0.2, 0.25) is 0 Å². The molecule has 18 heavy (non-hydrogen) atoms. The zero-order valence-corrected chi connectivity index (χ0v) is 10.8.